The molecule has 0 aliphatic heterocycles. The summed E-state index contributed by atoms with van der Waals surface area (Å²) in [6.07, 6.45) is 8.53. The van der Waals surface area contributed by atoms with E-state index in [1.54, 1.807) is 0 Å². The van der Waals surface area contributed by atoms with Crippen LogP contribution in [0.15, 0.2) is 30.3 Å². The van der Waals surface area contributed by atoms with Gasteiger partial charge in [-0.2, -0.15) is 0 Å². The van der Waals surface area contributed by atoms with E-state index >= 15 is 0 Å². The maximum absolute atomic E-state index is 6.10. The van der Waals surface area contributed by atoms with Crippen LogP contribution in [0.2, 0.25) is 0 Å². The Balaban J connectivity index is 1.77. The SMILES string of the molecule is CC(Cc1ccccc1)OC1CCCCC1. The van der Waals surface area contributed by atoms with Crippen LogP contribution < -0.4 is 0 Å². The van der Waals surface area contributed by atoms with Gasteiger partial charge in [0.1, 0.15) is 0 Å². The molecule has 0 spiro atoms. The Morgan fingerprint density at radius 1 is 1.12 bits per heavy atom. The lowest BCUT2D eigenvalue weighted by atomic mass is 9.97. The van der Waals surface area contributed by atoms with Crippen molar-refractivity contribution < 1.29 is 4.74 Å². The molecule has 1 unspecified atom stereocenters. The highest BCUT2D eigenvalue weighted by atomic mass is 16.5. The predicted octanol–water partition coefficient (Wildman–Crippen LogP) is 3.97. The molecule has 88 valence electrons. The topological polar surface area (TPSA) is 9.23 Å². The number of benzene rings is 1. The molecule has 1 aliphatic carbocycles. The highest BCUT2D eigenvalue weighted by molar-refractivity contribution is 5.15. The Bertz CT molecular complexity index is 288. The molecular weight excluding hydrogens is 196 g/mol. The minimum absolute atomic E-state index is 0.352. The third-order valence-electron chi connectivity index (χ3n) is 3.34. The van der Waals surface area contributed by atoms with Crippen molar-refractivity contribution in [2.45, 2.75) is 57.7 Å². The minimum Gasteiger partial charge on any atom is -0.375 e. The van der Waals surface area contributed by atoms with Gasteiger partial charge in [0, 0.05) is 0 Å². The average Bonchev–Trinajstić information content (AvgIpc) is 2.31. The summed E-state index contributed by atoms with van der Waals surface area (Å²) >= 11 is 0. The van der Waals surface area contributed by atoms with Gasteiger partial charge >= 0.3 is 0 Å². The first kappa shape index (κ1) is 11.7. The van der Waals surface area contributed by atoms with Crippen LogP contribution in [0.4, 0.5) is 0 Å². The first-order chi connectivity index (χ1) is 7.84. The van der Waals surface area contributed by atoms with Crippen molar-refractivity contribution in [1.29, 1.82) is 0 Å². The molecule has 0 radical (unpaired) electrons. The molecule has 16 heavy (non-hydrogen) atoms. The molecule has 0 heterocycles. The van der Waals surface area contributed by atoms with Gasteiger partial charge in [-0.1, -0.05) is 49.6 Å². The lowest BCUT2D eigenvalue weighted by molar-refractivity contribution is -0.0202. The van der Waals surface area contributed by atoms with Crippen LogP contribution in [0.3, 0.4) is 0 Å². The number of rotatable bonds is 4. The van der Waals surface area contributed by atoms with E-state index < -0.39 is 0 Å². The van der Waals surface area contributed by atoms with E-state index in [-0.39, 0.29) is 0 Å². The van der Waals surface area contributed by atoms with Gasteiger partial charge in [-0.15, -0.1) is 0 Å². The molecule has 1 atom stereocenters. The van der Waals surface area contributed by atoms with Crippen molar-refractivity contribution >= 4 is 0 Å². The zero-order valence-corrected chi connectivity index (χ0v) is 10.2. The normalized spacial score (nSPS) is 19.6. The third kappa shape index (κ3) is 3.64. The van der Waals surface area contributed by atoms with Gasteiger partial charge in [-0.25, -0.2) is 0 Å². The molecule has 0 N–H and O–H groups in total. The molecule has 1 aromatic rings. The summed E-state index contributed by atoms with van der Waals surface area (Å²) in [5.41, 5.74) is 1.38. The second kappa shape index (κ2) is 6.05. The van der Waals surface area contributed by atoms with Gasteiger partial charge < -0.3 is 4.74 Å². The van der Waals surface area contributed by atoms with Gasteiger partial charge in [0.25, 0.3) is 0 Å². The Morgan fingerprint density at radius 2 is 1.81 bits per heavy atom. The molecule has 1 saturated carbocycles. The predicted molar refractivity (Wildman–Crippen MR) is 67.6 cm³/mol. The molecule has 2 rings (SSSR count). The Kier molecular flexibility index (Phi) is 4.41. The zero-order chi connectivity index (χ0) is 11.2. The molecule has 0 amide bonds. The maximum atomic E-state index is 6.10. The monoisotopic (exact) mass is 218 g/mol. The molecular formula is C15H22O. The van der Waals surface area contributed by atoms with Crippen LogP contribution in [0.1, 0.15) is 44.6 Å². The average molecular weight is 218 g/mol. The summed E-state index contributed by atoms with van der Waals surface area (Å²) in [5, 5.41) is 0. The summed E-state index contributed by atoms with van der Waals surface area (Å²) in [5.74, 6) is 0. The molecule has 1 heteroatoms. The first-order valence-electron chi connectivity index (χ1n) is 6.54. The summed E-state index contributed by atoms with van der Waals surface area (Å²) < 4.78 is 6.10. The molecule has 1 fully saturated rings. The summed E-state index contributed by atoms with van der Waals surface area (Å²) in [6, 6.07) is 10.6. The van der Waals surface area contributed by atoms with Gasteiger partial charge in [0.05, 0.1) is 12.2 Å². The fraction of sp³-hybridized carbons (Fsp3) is 0.600. The lowest BCUT2D eigenvalue weighted by Gasteiger charge is -2.25. The summed E-state index contributed by atoms with van der Waals surface area (Å²) in [6.45, 7) is 2.20. The van der Waals surface area contributed by atoms with E-state index in [0.29, 0.717) is 12.2 Å². The Morgan fingerprint density at radius 3 is 2.50 bits per heavy atom. The summed E-state index contributed by atoms with van der Waals surface area (Å²) in [4.78, 5) is 0. The number of ether oxygens (including phenoxy) is 1. The first-order valence-corrected chi connectivity index (χ1v) is 6.54. The van der Waals surface area contributed by atoms with E-state index in [9.17, 15) is 0 Å². The van der Waals surface area contributed by atoms with Crippen molar-refractivity contribution in [1.82, 2.24) is 0 Å². The third-order valence-corrected chi connectivity index (χ3v) is 3.34. The fourth-order valence-electron chi connectivity index (χ4n) is 2.52. The van der Waals surface area contributed by atoms with Crippen molar-refractivity contribution in [3.63, 3.8) is 0 Å². The Hall–Kier alpha value is -0.820. The van der Waals surface area contributed by atoms with Crippen LogP contribution in [0.25, 0.3) is 0 Å². The molecule has 1 aromatic carbocycles. The van der Waals surface area contributed by atoms with Crippen molar-refractivity contribution in [2.24, 2.45) is 0 Å². The second-order valence-electron chi connectivity index (χ2n) is 4.90. The second-order valence-corrected chi connectivity index (χ2v) is 4.90. The standard InChI is InChI=1S/C15H22O/c1-13(12-14-8-4-2-5-9-14)16-15-10-6-3-7-11-15/h2,4-5,8-9,13,15H,3,6-7,10-12H2,1H3. The smallest absolute Gasteiger partial charge is 0.0591 e. The van der Waals surface area contributed by atoms with Gasteiger partial charge in [0.15, 0.2) is 0 Å². The lowest BCUT2D eigenvalue weighted by Crippen LogP contribution is -2.23. The number of hydrogen-bond acceptors (Lipinski definition) is 1. The molecule has 0 saturated heterocycles. The van der Waals surface area contributed by atoms with Gasteiger partial charge in [-0.3, -0.25) is 0 Å². The largest absolute Gasteiger partial charge is 0.375 e. The summed E-state index contributed by atoms with van der Waals surface area (Å²) in [7, 11) is 0. The molecule has 0 bridgehead atoms. The Labute approximate surface area is 98.8 Å². The maximum Gasteiger partial charge on any atom is 0.0591 e. The quantitative estimate of drug-likeness (QED) is 0.743. The zero-order valence-electron chi connectivity index (χ0n) is 10.2. The van der Waals surface area contributed by atoms with Gasteiger partial charge in [-0.05, 0) is 31.7 Å². The highest BCUT2D eigenvalue weighted by Gasteiger charge is 2.16. The molecule has 1 aliphatic rings. The number of hydrogen-bond donors (Lipinski definition) is 0. The molecule has 1 nitrogen and oxygen atoms in total. The van der Waals surface area contributed by atoms with E-state index in [1.165, 1.54) is 37.7 Å². The molecule has 0 aromatic heterocycles. The van der Waals surface area contributed by atoms with Crippen LogP contribution in [-0.2, 0) is 11.2 Å². The minimum atomic E-state index is 0.352. The van der Waals surface area contributed by atoms with Crippen LogP contribution >= 0.6 is 0 Å². The van der Waals surface area contributed by atoms with Crippen LogP contribution in [0, 0.1) is 0 Å². The van der Waals surface area contributed by atoms with Crippen LogP contribution in [-0.4, -0.2) is 12.2 Å². The van der Waals surface area contributed by atoms with Crippen LogP contribution in [0.5, 0.6) is 0 Å². The van der Waals surface area contributed by atoms with E-state index in [0.717, 1.165) is 6.42 Å². The van der Waals surface area contributed by atoms with Crippen molar-refractivity contribution in [2.75, 3.05) is 0 Å². The van der Waals surface area contributed by atoms with Gasteiger partial charge in [0.2, 0.25) is 0 Å². The van der Waals surface area contributed by atoms with E-state index in [1.807, 2.05) is 0 Å². The fourth-order valence-corrected chi connectivity index (χ4v) is 2.52. The van der Waals surface area contributed by atoms with E-state index in [2.05, 4.69) is 37.3 Å². The van der Waals surface area contributed by atoms with Crippen molar-refractivity contribution in [3.05, 3.63) is 35.9 Å². The van der Waals surface area contributed by atoms with Crippen molar-refractivity contribution in [3.8, 4) is 0 Å². The highest BCUT2D eigenvalue weighted by Crippen LogP contribution is 2.22. The van der Waals surface area contributed by atoms with E-state index in [4.69, 9.17) is 4.74 Å².